The van der Waals surface area contributed by atoms with Gasteiger partial charge in [0.1, 0.15) is 18.0 Å². The quantitative estimate of drug-likeness (QED) is 0.544. The first-order valence-electron chi connectivity index (χ1n) is 10.4. The van der Waals surface area contributed by atoms with Crippen LogP contribution in [0.1, 0.15) is 10.6 Å². The molecule has 2 amide bonds. The molecule has 0 radical (unpaired) electrons. The van der Waals surface area contributed by atoms with Crippen molar-refractivity contribution in [1.82, 2.24) is 4.98 Å². The first kappa shape index (κ1) is 22.8. The summed E-state index contributed by atoms with van der Waals surface area (Å²) in [5.41, 5.74) is 3.74. The van der Waals surface area contributed by atoms with Gasteiger partial charge in [-0.25, -0.2) is 4.98 Å². The molecular weight excluding hydrogens is 442 g/mol. The zero-order valence-corrected chi connectivity index (χ0v) is 19.5. The number of nitrogens with zero attached hydrogens (tertiary/aromatic N) is 2. The Hall–Kier alpha value is -3.43. The van der Waals surface area contributed by atoms with Crippen molar-refractivity contribution in [3.05, 3.63) is 52.3 Å². The van der Waals surface area contributed by atoms with E-state index >= 15 is 0 Å². The van der Waals surface area contributed by atoms with Gasteiger partial charge in [0.2, 0.25) is 5.91 Å². The van der Waals surface area contributed by atoms with Gasteiger partial charge in [-0.3, -0.25) is 14.5 Å². The number of carbonyl (C=O) groups is 2. The Bertz CT molecular complexity index is 1180. The van der Waals surface area contributed by atoms with Crippen molar-refractivity contribution in [2.75, 3.05) is 44.2 Å². The molecule has 8 nitrogen and oxygen atoms in total. The van der Waals surface area contributed by atoms with E-state index in [9.17, 15) is 9.59 Å². The predicted molar refractivity (Wildman–Crippen MR) is 127 cm³/mol. The molecule has 2 aromatic carbocycles. The van der Waals surface area contributed by atoms with Crippen molar-refractivity contribution in [3.63, 3.8) is 0 Å². The van der Waals surface area contributed by atoms with Crippen LogP contribution < -0.4 is 19.7 Å². The summed E-state index contributed by atoms with van der Waals surface area (Å²) in [5.74, 6) is 0.484. The standard InChI is InChI=1S/C24H25N3O5S/c1-15-4-6-20(31-3)17(10-15)25-22(28)12-27-19-11-16(5-7-21(19)32-13-24(27)29)18-14-33-23(26-18)8-9-30-2/h4-7,10-11,14H,8-9,12-13H2,1-3H3,(H,25,28). The summed E-state index contributed by atoms with van der Waals surface area (Å²) in [5, 5.41) is 5.79. The molecular formula is C24H25N3O5S. The Balaban J connectivity index is 1.56. The number of methoxy groups -OCH3 is 2. The molecule has 1 aliphatic heterocycles. The number of carbonyl (C=O) groups excluding carboxylic acids is 2. The minimum Gasteiger partial charge on any atom is -0.495 e. The van der Waals surface area contributed by atoms with Gasteiger partial charge in [0.05, 0.1) is 35.8 Å². The van der Waals surface area contributed by atoms with E-state index in [-0.39, 0.29) is 25.0 Å². The number of rotatable bonds is 8. The first-order chi connectivity index (χ1) is 16.0. The molecule has 1 aliphatic rings. The first-order valence-corrected chi connectivity index (χ1v) is 11.3. The average molecular weight is 468 g/mol. The topological polar surface area (TPSA) is 90.0 Å². The second kappa shape index (κ2) is 10.0. The van der Waals surface area contributed by atoms with Gasteiger partial charge in [-0.1, -0.05) is 6.07 Å². The molecule has 33 heavy (non-hydrogen) atoms. The van der Waals surface area contributed by atoms with Crippen molar-refractivity contribution < 1.29 is 23.8 Å². The maximum absolute atomic E-state index is 12.9. The number of nitrogens with one attached hydrogen (secondary N) is 1. The van der Waals surface area contributed by atoms with Crippen LogP contribution in [0.4, 0.5) is 11.4 Å². The highest BCUT2D eigenvalue weighted by Crippen LogP contribution is 2.36. The number of amides is 2. The van der Waals surface area contributed by atoms with E-state index in [1.54, 1.807) is 37.7 Å². The molecule has 1 aromatic heterocycles. The number of fused-ring (bicyclic) bond motifs is 1. The summed E-state index contributed by atoms with van der Waals surface area (Å²) < 4.78 is 16.0. The Kier molecular flexibility index (Phi) is 6.90. The highest BCUT2D eigenvalue weighted by molar-refractivity contribution is 7.09. The number of aromatic nitrogens is 1. The van der Waals surface area contributed by atoms with Gasteiger partial charge in [-0.05, 0) is 42.8 Å². The molecule has 0 spiro atoms. The third kappa shape index (κ3) is 5.15. The summed E-state index contributed by atoms with van der Waals surface area (Å²) >= 11 is 1.56. The minimum absolute atomic E-state index is 0.120. The highest BCUT2D eigenvalue weighted by Gasteiger charge is 2.28. The van der Waals surface area contributed by atoms with Crippen LogP contribution in [0, 0.1) is 6.92 Å². The lowest BCUT2D eigenvalue weighted by atomic mass is 10.1. The number of benzene rings is 2. The molecule has 0 unspecified atom stereocenters. The SMILES string of the molecule is COCCc1nc(-c2ccc3c(c2)N(CC(=O)Nc2cc(C)ccc2OC)C(=O)CO3)cs1. The van der Waals surface area contributed by atoms with Crippen LogP contribution in [-0.2, 0) is 20.7 Å². The van der Waals surface area contributed by atoms with Crippen LogP contribution in [0.2, 0.25) is 0 Å². The van der Waals surface area contributed by atoms with Gasteiger partial charge in [-0.15, -0.1) is 11.3 Å². The number of hydrogen-bond acceptors (Lipinski definition) is 7. The lowest BCUT2D eigenvalue weighted by Crippen LogP contribution is -2.43. The van der Waals surface area contributed by atoms with Gasteiger partial charge in [0.15, 0.2) is 6.61 Å². The van der Waals surface area contributed by atoms with Crippen LogP contribution in [0.5, 0.6) is 11.5 Å². The number of ether oxygens (including phenoxy) is 3. The summed E-state index contributed by atoms with van der Waals surface area (Å²) in [7, 11) is 3.21. The largest absolute Gasteiger partial charge is 0.495 e. The van der Waals surface area contributed by atoms with E-state index in [2.05, 4.69) is 10.3 Å². The third-order valence-corrected chi connectivity index (χ3v) is 6.11. The van der Waals surface area contributed by atoms with Crippen molar-refractivity contribution in [2.24, 2.45) is 0 Å². The Morgan fingerprint density at radius 1 is 1.24 bits per heavy atom. The van der Waals surface area contributed by atoms with Crippen LogP contribution in [0.15, 0.2) is 41.8 Å². The number of anilines is 2. The fourth-order valence-corrected chi connectivity index (χ4v) is 4.32. The van der Waals surface area contributed by atoms with Crippen molar-refractivity contribution in [2.45, 2.75) is 13.3 Å². The molecule has 0 saturated heterocycles. The summed E-state index contributed by atoms with van der Waals surface area (Å²) in [6, 6.07) is 11.1. The Morgan fingerprint density at radius 2 is 2.09 bits per heavy atom. The Labute approximate surface area is 196 Å². The summed E-state index contributed by atoms with van der Waals surface area (Å²) in [6.45, 7) is 2.27. The van der Waals surface area contributed by atoms with E-state index < -0.39 is 0 Å². The average Bonchev–Trinajstić information content (AvgIpc) is 3.28. The Morgan fingerprint density at radius 3 is 2.88 bits per heavy atom. The van der Waals surface area contributed by atoms with Crippen molar-refractivity contribution in [1.29, 1.82) is 0 Å². The number of aryl methyl sites for hydroxylation is 1. The molecule has 1 N–H and O–H groups in total. The fourth-order valence-electron chi connectivity index (χ4n) is 3.54. The molecule has 0 atom stereocenters. The van der Waals surface area contributed by atoms with Crippen LogP contribution in [0.25, 0.3) is 11.3 Å². The number of hydrogen-bond donors (Lipinski definition) is 1. The molecule has 172 valence electrons. The molecule has 4 rings (SSSR count). The van der Waals surface area contributed by atoms with E-state index in [4.69, 9.17) is 14.2 Å². The zero-order valence-electron chi connectivity index (χ0n) is 18.7. The van der Waals surface area contributed by atoms with E-state index in [1.165, 1.54) is 4.90 Å². The van der Waals surface area contributed by atoms with Gasteiger partial charge in [-0.2, -0.15) is 0 Å². The summed E-state index contributed by atoms with van der Waals surface area (Å²) in [6.07, 6.45) is 0.739. The molecule has 9 heteroatoms. The second-order valence-electron chi connectivity index (χ2n) is 7.57. The third-order valence-electron chi connectivity index (χ3n) is 5.20. The van der Waals surface area contributed by atoms with Crippen molar-refractivity contribution in [3.8, 4) is 22.8 Å². The molecule has 3 aromatic rings. The lowest BCUT2D eigenvalue weighted by molar-refractivity contribution is -0.123. The molecule has 0 bridgehead atoms. The molecule has 0 fully saturated rings. The fraction of sp³-hybridized carbons (Fsp3) is 0.292. The summed E-state index contributed by atoms with van der Waals surface area (Å²) in [4.78, 5) is 31.6. The van der Waals surface area contributed by atoms with Gasteiger partial charge in [0, 0.05) is 24.5 Å². The predicted octanol–water partition coefficient (Wildman–Crippen LogP) is 3.68. The second-order valence-corrected chi connectivity index (χ2v) is 8.51. The molecule has 2 heterocycles. The highest BCUT2D eigenvalue weighted by atomic mass is 32.1. The van der Waals surface area contributed by atoms with Gasteiger partial charge < -0.3 is 19.5 Å². The van der Waals surface area contributed by atoms with Gasteiger partial charge in [0.25, 0.3) is 5.91 Å². The molecule has 0 saturated carbocycles. The van der Waals surface area contributed by atoms with E-state index in [0.717, 1.165) is 28.2 Å². The van der Waals surface area contributed by atoms with Crippen LogP contribution >= 0.6 is 11.3 Å². The number of thiazole rings is 1. The maximum atomic E-state index is 12.9. The van der Waals surface area contributed by atoms with Crippen LogP contribution in [0.3, 0.4) is 0 Å². The van der Waals surface area contributed by atoms with E-state index in [0.29, 0.717) is 29.5 Å². The maximum Gasteiger partial charge on any atom is 0.265 e. The van der Waals surface area contributed by atoms with Crippen molar-refractivity contribution >= 4 is 34.5 Å². The normalized spacial score (nSPS) is 12.8. The van der Waals surface area contributed by atoms with E-state index in [1.807, 2.05) is 36.6 Å². The van der Waals surface area contributed by atoms with Crippen LogP contribution in [-0.4, -0.2) is 50.8 Å². The van der Waals surface area contributed by atoms with Gasteiger partial charge >= 0.3 is 0 Å². The molecule has 0 aliphatic carbocycles. The minimum atomic E-state index is -0.332. The monoisotopic (exact) mass is 467 g/mol. The zero-order chi connectivity index (χ0) is 23.4. The smallest absolute Gasteiger partial charge is 0.265 e. The lowest BCUT2D eigenvalue weighted by Gasteiger charge is -2.29.